The van der Waals surface area contributed by atoms with E-state index >= 15 is 0 Å². The number of aryl methyl sites for hydroxylation is 1. The van der Waals surface area contributed by atoms with Crippen LogP contribution in [0.25, 0.3) is 22.6 Å². The summed E-state index contributed by atoms with van der Waals surface area (Å²) in [6, 6.07) is 20.8. The van der Waals surface area contributed by atoms with Gasteiger partial charge in [0, 0.05) is 48.1 Å². The van der Waals surface area contributed by atoms with Gasteiger partial charge in [-0.15, -0.1) is 0 Å². The largest absolute Gasteiger partial charge is 0.428 e. The molecule has 0 amide bonds. The minimum absolute atomic E-state index is 0.00882. The van der Waals surface area contributed by atoms with Gasteiger partial charge in [0.15, 0.2) is 17.6 Å². The number of ketones is 1. The van der Waals surface area contributed by atoms with Crippen LogP contribution in [0.1, 0.15) is 38.8 Å². The van der Waals surface area contributed by atoms with Crippen LogP contribution >= 0.6 is 0 Å². The number of carbonyl (C=O) groups excluding carboxylic acids is 1. The Hall–Kier alpha value is -4.96. The van der Waals surface area contributed by atoms with Crippen molar-refractivity contribution in [1.29, 1.82) is 5.26 Å². The lowest BCUT2D eigenvalue weighted by Gasteiger charge is -2.10. The first kappa shape index (κ1) is 22.8. The molecule has 0 radical (unpaired) electrons. The summed E-state index contributed by atoms with van der Waals surface area (Å²) >= 11 is 0. The highest BCUT2D eigenvalue weighted by atomic mass is 16.4. The minimum atomic E-state index is 0.00882. The van der Waals surface area contributed by atoms with Crippen LogP contribution in [0.3, 0.4) is 0 Å². The fourth-order valence-electron chi connectivity index (χ4n) is 3.92. The Morgan fingerprint density at radius 2 is 1.83 bits per heavy atom. The number of pyridine rings is 1. The number of oxazole rings is 1. The standard InChI is InChI=1S/C29H21N5O2/c1-19-4-5-20(13-24(19)15-28-32-12-10-25(34-28)23-3-2-11-31-17-23)14-26(35)21-6-8-22(9-7-21)27-18-33-29(16-30)36-27/h2-13,17-18H,14-15H2,1H3. The number of benzene rings is 2. The second kappa shape index (κ2) is 10.1. The molecular weight excluding hydrogens is 450 g/mol. The molecule has 2 aromatic carbocycles. The molecule has 0 saturated heterocycles. The molecule has 0 spiro atoms. The highest BCUT2D eigenvalue weighted by Crippen LogP contribution is 2.22. The minimum Gasteiger partial charge on any atom is -0.428 e. The van der Waals surface area contributed by atoms with Crippen molar-refractivity contribution < 1.29 is 9.21 Å². The maximum atomic E-state index is 13.0. The fraction of sp³-hybridized carbons (Fsp3) is 0.103. The number of hydrogen-bond donors (Lipinski definition) is 0. The first-order valence-electron chi connectivity index (χ1n) is 11.4. The van der Waals surface area contributed by atoms with E-state index in [4.69, 9.17) is 14.7 Å². The second-order valence-corrected chi connectivity index (χ2v) is 8.36. The molecule has 0 atom stereocenters. The van der Waals surface area contributed by atoms with Gasteiger partial charge in [0.25, 0.3) is 0 Å². The highest BCUT2D eigenvalue weighted by Gasteiger charge is 2.12. The van der Waals surface area contributed by atoms with Gasteiger partial charge >= 0.3 is 5.89 Å². The molecule has 0 unspecified atom stereocenters. The van der Waals surface area contributed by atoms with E-state index in [9.17, 15) is 4.79 Å². The number of rotatable bonds is 7. The Kier molecular flexibility index (Phi) is 6.41. The van der Waals surface area contributed by atoms with E-state index < -0.39 is 0 Å². The normalized spacial score (nSPS) is 10.7. The number of nitriles is 1. The third-order valence-corrected chi connectivity index (χ3v) is 5.88. The molecule has 174 valence electrons. The smallest absolute Gasteiger partial charge is 0.301 e. The van der Waals surface area contributed by atoms with Crippen LogP contribution in [0.15, 0.2) is 89.9 Å². The van der Waals surface area contributed by atoms with Crippen LogP contribution < -0.4 is 0 Å². The summed E-state index contributed by atoms with van der Waals surface area (Å²) in [5.74, 6) is 1.23. The van der Waals surface area contributed by atoms with Gasteiger partial charge < -0.3 is 4.42 Å². The molecule has 36 heavy (non-hydrogen) atoms. The predicted octanol–water partition coefficient (Wildman–Crippen LogP) is 5.39. The van der Waals surface area contributed by atoms with Gasteiger partial charge in [0.1, 0.15) is 5.82 Å². The van der Waals surface area contributed by atoms with E-state index in [1.165, 1.54) is 6.20 Å². The third kappa shape index (κ3) is 5.08. The van der Waals surface area contributed by atoms with E-state index in [0.717, 1.165) is 33.5 Å². The molecule has 0 saturated carbocycles. The van der Waals surface area contributed by atoms with Crippen molar-refractivity contribution in [2.24, 2.45) is 0 Å². The zero-order valence-electron chi connectivity index (χ0n) is 19.5. The summed E-state index contributed by atoms with van der Waals surface area (Å²) in [6.45, 7) is 2.05. The number of carbonyl (C=O) groups is 1. The van der Waals surface area contributed by atoms with Gasteiger partial charge in [-0.25, -0.2) is 15.0 Å². The van der Waals surface area contributed by atoms with Crippen molar-refractivity contribution in [3.05, 3.63) is 119 Å². The molecule has 0 aliphatic rings. The summed E-state index contributed by atoms with van der Waals surface area (Å²) in [6.07, 6.45) is 7.63. The monoisotopic (exact) mass is 471 g/mol. The average molecular weight is 472 g/mol. The molecule has 0 aliphatic heterocycles. The number of hydrogen-bond acceptors (Lipinski definition) is 7. The molecule has 3 heterocycles. The molecule has 3 aromatic heterocycles. The molecule has 5 aromatic rings. The van der Waals surface area contributed by atoms with Crippen molar-refractivity contribution >= 4 is 5.78 Å². The van der Waals surface area contributed by atoms with Crippen molar-refractivity contribution in [2.75, 3.05) is 0 Å². The molecule has 7 heteroatoms. The Morgan fingerprint density at radius 1 is 0.972 bits per heavy atom. The van der Waals surface area contributed by atoms with Crippen molar-refractivity contribution in [1.82, 2.24) is 19.9 Å². The van der Waals surface area contributed by atoms with Crippen LogP contribution in [0.5, 0.6) is 0 Å². The number of nitrogens with zero attached hydrogens (tertiary/aromatic N) is 5. The summed E-state index contributed by atoms with van der Waals surface area (Å²) < 4.78 is 5.35. The zero-order valence-corrected chi connectivity index (χ0v) is 19.5. The summed E-state index contributed by atoms with van der Waals surface area (Å²) in [5.41, 5.74) is 6.26. The topological polar surface area (TPSA) is 106 Å². The predicted molar refractivity (Wildman–Crippen MR) is 134 cm³/mol. The maximum absolute atomic E-state index is 13.0. The van der Waals surface area contributed by atoms with Gasteiger partial charge in [-0.2, -0.15) is 5.26 Å². The lowest BCUT2D eigenvalue weighted by molar-refractivity contribution is 0.0993. The molecule has 5 rings (SSSR count). The first-order valence-corrected chi connectivity index (χ1v) is 11.4. The van der Waals surface area contributed by atoms with Crippen LogP contribution in [0.4, 0.5) is 0 Å². The lowest BCUT2D eigenvalue weighted by Crippen LogP contribution is -2.05. The van der Waals surface area contributed by atoms with Gasteiger partial charge in [-0.3, -0.25) is 9.78 Å². The summed E-state index contributed by atoms with van der Waals surface area (Å²) in [4.78, 5) is 30.2. The Morgan fingerprint density at radius 3 is 2.58 bits per heavy atom. The second-order valence-electron chi connectivity index (χ2n) is 8.36. The van der Waals surface area contributed by atoms with Crippen molar-refractivity contribution in [3.8, 4) is 28.7 Å². The summed E-state index contributed by atoms with van der Waals surface area (Å²) in [5, 5.41) is 8.87. The molecule has 0 aliphatic carbocycles. The van der Waals surface area contributed by atoms with Gasteiger partial charge in [0.05, 0.1) is 11.9 Å². The van der Waals surface area contributed by atoms with E-state index in [2.05, 4.69) is 21.0 Å². The van der Waals surface area contributed by atoms with E-state index in [1.54, 1.807) is 42.9 Å². The van der Waals surface area contributed by atoms with E-state index in [-0.39, 0.29) is 18.1 Å². The Balaban J connectivity index is 1.30. The number of Topliss-reactive ketones (excluding diaryl/α,β-unsaturated/α-hetero) is 1. The Labute approximate surface area is 208 Å². The quantitative estimate of drug-likeness (QED) is 0.293. The molecule has 0 bridgehead atoms. The first-order chi connectivity index (χ1) is 17.6. The number of aromatic nitrogens is 4. The van der Waals surface area contributed by atoms with Crippen LogP contribution in [-0.2, 0) is 12.8 Å². The van der Waals surface area contributed by atoms with Gasteiger partial charge in [-0.1, -0.05) is 42.5 Å². The van der Waals surface area contributed by atoms with Crippen LogP contribution in [-0.4, -0.2) is 25.7 Å². The Bertz CT molecular complexity index is 1570. The SMILES string of the molecule is Cc1ccc(CC(=O)c2ccc(-c3cnc(C#N)o3)cc2)cc1Cc1nccc(-c2cccnc2)n1. The van der Waals surface area contributed by atoms with Crippen LogP contribution in [0.2, 0.25) is 0 Å². The van der Waals surface area contributed by atoms with Crippen molar-refractivity contribution in [3.63, 3.8) is 0 Å². The zero-order chi connectivity index (χ0) is 24.9. The summed E-state index contributed by atoms with van der Waals surface area (Å²) in [7, 11) is 0. The molecule has 0 fully saturated rings. The molecule has 0 N–H and O–H groups in total. The van der Waals surface area contributed by atoms with Crippen molar-refractivity contribution in [2.45, 2.75) is 19.8 Å². The average Bonchev–Trinajstić information content (AvgIpc) is 3.41. The van der Waals surface area contributed by atoms with E-state index in [1.807, 2.05) is 43.3 Å². The van der Waals surface area contributed by atoms with Crippen LogP contribution in [0, 0.1) is 18.3 Å². The third-order valence-electron chi connectivity index (χ3n) is 5.88. The lowest BCUT2D eigenvalue weighted by atomic mass is 9.97. The van der Waals surface area contributed by atoms with Gasteiger partial charge in [0.2, 0.25) is 0 Å². The highest BCUT2D eigenvalue weighted by molar-refractivity contribution is 5.97. The fourth-order valence-corrected chi connectivity index (χ4v) is 3.92. The molecule has 7 nitrogen and oxygen atoms in total. The van der Waals surface area contributed by atoms with E-state index in [0.29, 0.717) is 23.6 Å². The maximum Gasteiger partial charge on any atom is 0.301 e. The van der Waals surface area contributed by atoms with Gasteiger partial charge in [-0.05, 0) is 41.8 Å². The molecular formula is C29H21N5O2.